The molecule has 0 aliphatic carbocycles. The van der Waals surface area contributed by atoms with E-state index in [0.717, 1.165) is 18.6 Å². The van der Waals surface area contributed by atoms with Gasteiger partial charge in [0, 0.05) is 17.8 Å². The molecule has 0 aromatic heterocycles. The fourth-order valence-corrected chi connectivity index (χ4v) is 2.40. The highest BCUT2D eigenvalue weighted by Crippen LogP contribution is 2.14. The van der Waals surface area contributed by atoms with E-state index in [1.54, 1.807) is 45.0 Å². The summed E-state index contributed by atoms with van der Waals surface area (Å²) < 4.78 is 10.8. The number of carbonyl (C=O) groups is 2. The molecule has 0 saturated heterocycles. The number of benzene rings is 2. The molecule has 0 radical (unpaired) electrons. The maximum Gasteiger partial charge on any atom is 0.412 e. The Labute approximate surface area is 166 Å². The first-order valence-electron chi connectivity index (χ1n) is 9.39. The van der Waals surface area contributed by atoms with Crippen LogP contribution >= 0.6 is 0 Å². The van der Waals surface area contributed by atoms with Gasteiger partial charge in [-0.3, -0.25) is 10.1 Å². The Bertz CT molecular complexity index is 770. The van der Waals surface area contributed by atoms with Crippen LogP contribution in [0, 0.1) is 0 Å². The Morgan fingerprint density at radius 3 is 2.43 bits per heavy atom. The van der Waals surface area contributed by atoms with E-state index in [-0.39, 0.29) is 5.91 Å². The normalized spacial score (nSPS) is 10.8. The van der Waals surface area contributed by atoms with Gasteiger partial charge in [-0.05, 0) is 63.9 Å². The van der Waals surface area contributed by atoms with E-state index in [1.807, 2.05) is 30.3 Å². The maximum absolute atomic E-state index is 12.3. The highest BCUT2D eigenvalue weighted by atomic mass is 16.6. The van der Waals surface area contributed by atoms with Crippen LogP contribution in [0.4, 0.5) is 10.5 Å². The van der Waals surface area contributed by atoms with Crippen molar-refractivity contribution in [1.82, 2.24) is 5.32 Å². The smallest absolute Gasteiger partial charge is 0.412 e. The predicted molar refractivity (Wildman–Crippen MR) is 110 cm³/mol. The topological polar surface area (TPSA) is 76.7 Å². The van der Waals surface area contributed by atoms with Gasteiger partial charge in [0.2, 0.25) is 0 Å². The number of carbonyl (C=O) groups excluding carboxylic acids is 2. The van der Waals surface area contributed by atoms with Gasteiger partial charge in [0.05, 0.1) is 6.61 Å². The Kier molecular flexibility index (Phi) is 7.87. The van der Waals surface area contributed by atoms with Crippen molar-refractivity contribution >= 4 is 17.7 Å². The van der Waals surface area contributed by atoms with Gasteiger partial charge in [0.15, 0.2) is 0 Å². The number of nitrogens with one attached hydrogen (secondary N) is 2. The van der Waals surface area contributed by atoms with Crippen LogP contribution in [-0.2, 0) is 4.74 Å². The third-order valence-corrected chi connectivity index (χ3v) is 3.64. The summed E-state index contributed by atoms with van der Waals surface area (Å²) in [6.07, 6.45) is 1.10. The number of hydrogen-bond acceptors (Lipinski definition) is 4. The molecule has 0 fully saturated rings. The quantitative estimate of drug-likeness (QED) is 0.651. The number of ether oxygens (including phenoxy) is 2. The van der Waals surface area contributed by atoms with E-state index in [1.165, 1.54) is 0 Å². The largest absolute Gasteiger partial charge is 0.494 e. The molecule has 2 amide bonds. The molecule has 28 heavy (non-hydrogen) atoms. The van der Waals surface area contributed by atoms with E-state index >= 15 is 0 Å². The van der Waals surface area contributed by atoms with Crippen LogP contribution in [0.25, 0.3) is 0 Å². The average Bonchev–Trinajstić information content (AvgIpc) is 2.64. The second-order valence-corrected chi connectivity index (χ2v) is 7.33. The van der Waals surface area contributed by atoms with Crippen LogP contribution < -0.4 is 15.4 Å². The number of hydrogen-bond donors (Lipinski definition) is 2. The molecule has 6 heteroatoms. The van der Waals surface area contributed by atoms with Crippen molar-refractivity contribution in [1.29, 1.82) is 0 Å². The molecular formula is C22H28N2O4. The molecule has 0 aliphatic heterocycles. The molecule has 2 aromatic carbocycles. The maximum atomic E-state index is 12.3. The highest BCUT2D eigenvalue weighted by Gasteiger charge is 2.16. The van der Waals surface area contributed by atoms with Gasteiger partial charge in [0.1, 0.15) is 11.4 Å². The third-order valence-electron chi connectivity index (χ3n) is 3.64. The van der Waals surface area contributed by atoms with Crippen LogP contribution in [0.3, 0.4) is 0 Å². The van der Waals surface area contributed by atoms with Crippen LogP contribution in [0.2, 0.25) is 0 Å². The van der Waals surface area contributed by atoms with Gasteiger partial charge in [-0.25, -0.2) is 4.79 Å². The minimum atomic E-state index is -0.580. The SMILES string of the molecule is CC(C)(C)OC(=O)Nc1cccc(C(=O)NCCCCOc2ccccc2)c1. The van der Waals surface area contributed by atoms with Crippen molar-refractivity contribution in [2.24, 2.45) is 0 Å². The molecule has 2 rings (SSSR count). The first-order valence-corrected chi connectivity index (χ1v) is 9.39. The molecule has 2 aromatic rings. The van der Waals surface area contributed by atoms with Gasteiger partial charge >= 0.3 is 6.09 Å². The van der Waals surface area contributed by atoms with Crippen LogP contribution in [0.5, 0.6) is 5.75 Å². The van der Waals surface area contributed by atoms with E-state index in [2.05, 4.69) is 10.6 Å². The average molecular weight is 384 g/mol. The molecule has 0 spiro atoms. The minimum absolute atomic E-state index is 0.184. The Morgan fingerprint density at radius 2 is 1.71 bits per heavy atom. The zero-order chi connectivity index (χ0) is 20.4. The van der Waals surface area contributed by atoms with Crippen LogP contribution in [0.15, 0.2) is 54.6 Å². The zero-order valence-electron chi connectivity index (χ0n) is 16.7. The zero-order valence-corrected chi connectivity index (χ0v) is 16.7. The monoisotopic (exact) mass is 384 g/mol. The number of rotatable bonds is 8. The molecule has 0 bridgehead atoms. The fourth-order valence-electron chi connectivity index (χ4n) is 2.40. The molecule has 0 atom stereocenters. The lowest BCUT2D eigenvalue weighted by molar-refractivity contribution is 0.0635. The molecule has 0 saturated carbocycles. The summed E-state index contributed by atoms with van der Waals surface area (Å²) in [5.74, 6) is 0.664. The summed E-state index contributed by atoms with van der Waals surface area (Å²) in [4.78, 5) is 24.1. The van der Waals surface area contributed by atoms with Crippen molar-refractivity contribution in [3.8, 4) is 5.75 Å². The van der Waals surface area contributed by atoms with Gasteiger partial charge < -0.3 is 14.8 Å². The third kappa shape index (κ3) is 8.12. The lowest BCUT2D eigenvalue weighted by atomic mass is 10.2. The van der Waals surface area contributed by atoms with Crippen molar-refractivity contribution in [2.75, 3.05) is 18.5 Å². The Morgan fingerprint density at radius 1 is 0.964 bits per heavy atom. The lowest BCUT2D eigenvalue weighted by Gasteiger charge is -2.19. The lowest BCUT2D eigenvalue weighted by Crippen LogP contribution is -2.27. The Hall–Kier alpha value is -3.02. The number of para-hydroxylation sites is 1. The predicted octanol–water partition coefficient (Wildman–Crippen LogP) is 4.62. The van der Waals surface area contributed by atoms with E-state index in [4.69, 9.17) is 9.47 Å². The molecule has 0 heterocycles. The molecule has 2 N–H and O–H groups in total. The summed E-state index contributed by atoms with van der Waals surface area (Å²) in [6, 6.07) is 16.4. The molecular weight excluding hydrogens is 356 g/mol. The van der Waals surface area contributed by atoms with Crippen molar-refractivity contribution < 1.29 is 19.1 Å². The second-order valence-electron chi connectivity index (χ2n) is 7.33. The van der Waals surface area contributed by atoms with Gasteiger partial charge in [-0.15, -0.1) is 0 Å². The van der Waals surface area contributed by atoms with Crippen molar-refractivity contribution in [3.63, 3.8) is 0 Å². The highest BCUT2D eigenvalue weighted by molar-refractivity contribution is 5.96. The Balaban J connectivity index is 1.71. The molecule has 0 aliphatic rings. The summed E-state index contributed by atoms with van der Waals surface area (Å²) in [7, 11) is 0. The molecule has 150 valence electrons. The minimum Gasteiger partial charge on any atom is -0.494 e. The first-order chi connectivity index (χ1) is 13.3. The standard InChI is InChI=1S/C22H28N2O4/c1-22(2,3)28-21(26)24-18-11-9-10-17(16-18)20(25)23-14-7-8-15-27-19-12-5-4-6-13-19/h4-6,9-13,16H,7-8,14-15H2,1-3H3,(H,23,25)(H,24,26). The fraction of sp³-hybridized carbons (Fsp3) is 0.364. The van der Waals surface area contributed by atoms with E-state index in [0.29, 0.717) is 24.4 Å². The summed E-state index contributed by atoms with van der Waals surface area (Å²) in [5, 5.41) is 5.51. The summed E-state index contributed by atoms with van der Waals surface area (Å²) in [5.41, 5.74) is 0.413. The summed E-state index contributed by atoms with van der Waals surface area (Å²) in [6.45, 7) is 6.54. The van der Waals surface area contributed by atoms with Crippen molar-refractivity contribution in [2.45, 2.75) is 39.2 Å². The second kappa shape index (κ2) is 10.3. The van der Waals surface area contributed by atoms with E-state index < -0.39 is 11.7 Å². The molecule has 0 unspecified atom stereocenters. The van der Waals surface area contributed by atoms with Crippen molar-refractivity contribution in [3.05, 3.63) is 60.2 Å². The number of amides is 2. The summed E-state index contributed by atoms with van der Waals surface area (Å²) >= 11 is 0. The number of anilines is 1. The van der Waals surface area contributed by atoms with Gasteiger partial charge in [-0.1, -0.05) is 24.3 Å². The van der Waals surface area contributed by atoms with E-state index in [9.17, 15) is 9.59 Å². The van der Waals surface area contributed by atoms with Gasteiger partial charge in [-0.2, -0.15) is 0 Å². The number of unbranched alkanes of at least 4 members (excludes halogenated alkanes) is 1. The first kappa shape index (κ1) is 21.3. The van der Waals surface area contributed by atoms with Crippen LogP contribution in [0.1, 0.15) is 44.0 Å². The molecule has 6 nitrogen and oxygen atoms in total. The van der Waals surface area contributed by atoms with Gasteiger partial charge in [0.25, 0.3) is 5.91 Å². The van der Waals surface area contributed by atoms with Crippen LogP contribution in [-0.4, -0.2) is 30.8 Å².